The van der Waals surface area contributed by atoms with Crippen molar-refractivity contribution in [1.29, 1.82) is 0 Å². The molecule has 210 valence electrons. The van der Waals surface area contributed by atoms with Crippen molar-refractivity contribution in [1.82, 2.24) is 14.7 Å². The van der Waals surface area contributed by atoms with Crippen LogP contribution in [0.4, 0.5) is 0 Å². The zero-order valence-electron chi connectivity index (χ0n) is 23.2. The monoisotopic (exact) mass is 579 g/mol. The molecule has 0 bridgehead atoms. The third-order valence-corrected chi connectivity index (χ3v) is 9.77. The van der Waals surface area contributed by atoms with Crippen molar-refractivity contribution in [2.45, 2.75) is 62.7 Å². The first-order valence-electron chi connectivity index (χ1n) is 13.1. The van der Waals surface area contributed by atoms with Crippen LogP contribution < -0.4 is 4.72 Å². The first kappa shape index (κ1) is 29.4. The first-order chi connectivity index (χ1) is 18.8. The van der Waals surface area contributed by atoms with Crippen molar-refractivity contribution >= 4 is 36.5 Å². The number of sulfone groups is 1. The van der Waals surface area contributed by atoms with Crippen molar-refractivity contribution in [3.63, 3.8) is 0 Å². The number of carbonyl (C=O) groups excluding carboxylic acids is 1. The summed E-state index contributed by atoms with van der Waals surface area (Å²) in [4.78, 5) is 22.6. The number of benzene rings is 3. The van der Waals surface area contributed by atoms with Crippen LogP contribution >= 0.6 is 0 Å². The molecule has 1 aromatic heterocycles. The summed E-state index contributed by atoms with van der Waals surface area (Å²) in [6, 6.07) is 18.9. The van der Waals surface area contributed by atoms with E-state index in [1.54, 1.807) is 0 Å². The van der Waals surface area contributed by atoms with E-state index in [4.69, 9.17) is 9.97 Å². The van der Waals surface area contributed by atoms with Crippen LogP contribution in [-0.2, 0) is 31.1 Å². The fourth-order valence-electron chi connectivity index (χ4n) is 4.51. The average molecular weight is 580 g/mol. The van der Waals surface area contributed by atoms with Crippen LogP contribution in [0.25, 0.3) is 22.2 Å². The summed E-state index contributed by atoms with van der Waals surface area (Å²) in [5.41, 5.74) is 2.83. The largest absolute Gasteiger partial charge is 0.274 e. The number of nitrogens with zero attached hydrogens (tertiary/aromatic N) is 2. The smallest absolute Gasteiger partial charge is 0.264 e. The van der Waals surface area contributed by atoms with Gasteiger partial charge in [-0.3, -0.25) is 4.79 Å². The molecule has 0 radical (unpaired) electrons. The quantitative estimate of drug-likeness (QED) is 0.282. The van der Waals surface area contributed by atoms with Crippen molar-refractivity contribution < 1.29 is 21.6 Å². The maximum atomic E-state index is 13.1. The van der Waals surface area contributed by atoms with Gasteiger partial charge in [-0.1, -0.05) is 71.0 Å². The summed E-state index contributed by atoms with van der Waals surface area (Å²) >= 11 is 0. The maximum Gasteiger partial charge on any atom is 0.264 e. The lowest BCUT2D eigenvalue weighted by Crippen LogP contribution is -2.32. The second kappa shape index (κ2) is 11.5. The molecule has 0 atom stereocenters. The standard InChI is InChI=1S/C30H33N3O5S2/c1-6-39(35,36)24-13-15-25(16-14-24)40(37,38)33-27(34)18-26-28(19(2)3)31-30(32-29(26)20(4)5)23-12-11-21-9-7-8-10-22(21)17-23/h7-17,19-20H,6,18H2,1-5H3,(H,33,34). The zero-order chi connectivity index (χ0) is 29.2. The Morgan fingerprint density at radius 1 is 0.775 bits per heavy atom. The molecule has 0 saturated carbocycles. The minimum atomic E-state index is -4.22. The Labute approximate surface area is 235 Å². The van der Waals surface area contributed by atoms with Gasteiger partial charge < -0.3 is 0 Å². The molecule has 4 rings (SSSR count). The van der Waals surface area contributed by atoms with Gasteiger partial charge in [0.25, 0.3) is 10.0 Å². The summed E-state index contributed by atoms with van der Waals surface area (Å²) in [6.07, 6.45) is -0.222. The lowest BCUT2D eigenvalue weighted by molar-refractivity contribution is -0.118. The molecule has 0 unspecified atom stereocenters. The van der Waals surface area contributed by atoms with Crippen LogP contribution in [0.15, 0.2) is 76.5 Å². The second-order valence-corrected chi connectivity index (χ2v) is 14.2. The summed E-state index contributed by atoms with van der Waals surface area (Å²) in [5.74, 6) is -0.374. The summed E-state index contributed by atoms with van der Waals surface area (Å²) in [6.45, 7) is 9.40. The van der Waals surface area contributed by atoms with Crippen molar-refractivity contribution in [2.75, 3.05) is 5.75 Å². The summed E-state index contributed by atoms with van der Waals surface area (Å²) in [7, 11) is -7.70. The summed E-state index contributed by atoms with van der Waals surface area (Å²) < 4.78 is 52.1. The number of sulfonamides is 1. The molecule has 40 heavy (non-hydrogen) atoms. The molecule has 0 spiro atoms. The molecule has 0 aliphatic carbocycles. The van der Waals surface area contributed by atoms with Crippen molar-refractivity contribution in [3.05, 3.63) is 83.7 Å². The molecule has 0 aliphatic rings. The molecule has 1 amide bonds. The fourth-order valence-corrected chi connectivity index (χ4v) is 6.38. The average Bonchev–Trinajstić information content (AvgIpc) is 2.92. The van der Waals surface area contributed by atoms with Gasteiger partial charge in [0.15, 0.2) is 15.7 Å². The first-order valence-corrected chi connectivity index (χ1v) is 16.2. The molecule has 1 heterocycles. The van der Waals surface area contributed by atoms with Crippen LogP contribution in [0.2, 0.25) is 0 Å². The number of carbonyl (C=O) groups is 1. The molecule has 1 N–H and O–H groups in total. The van der Waals surface area contributed by atoms with E-state index in [1.165, 1.54) is 31.2 Å². The van der Waals surface area contributed by atoms with Crippen molar-refractivity contribution in [3.8, 4) is 11.4 Å². The number of rotatable bonds is 9. The van der Waals surface area contributed by atoms with Crippen LogP contribution in [0.1, 0.15) is 63.4 Å². The highest BCUT2D eigenvalue weighted by atomic mass is 32.2. The Balaban J connectivity index is 1.66. The highest BCUT2D eigenvalue weighted by Crippen LogP contribution is 2.30. The van der Waals surface area contributed by atoms with E-state index < -0.39 is 25.8 Å². The van der Waals surface area contributed by atoms with Crippen LogP contribution in [0.5, 0.6) is 0 Å². The van der Waals surface area contributed by atoms with Gasteiger partial charge in [0.1, 0.15) is 0 Å². The third-order valence-electron chi connectivity index (χ3n) is 6.63. The van der Waals surface area contributed by atoms with Gasteiger partial charge >= 0.3 is 0 Å². The SMILES string of the molecule is CCS(=O)(=O)c1ccc(S(=O)(=O)NC(=O)Cc2c(C(C)C)nc(-c3ccc4ccccc4c3)nc2C(C)C)cc1. The molecular weight excluding hydrogens is 546 g/mol. The summed E-state index contributed by atoms with van der Waals surface area (Å²) in [5, 5.41) is 2.17. The normalized spacial score (nSPS) is 12.3. The molecule has 4 aromatic rings. The Hall–Kier alpha value is -3.63. The van der Waals surface area contributed by atoms with E-state index in [-0.39, 0.29) is 33.8 Å². The van der Waals surface area contributed by atoms with Crippen molar-refractivity contribution in [2.24, 2.45) is 0 Å². The predicted molar refractivity (Wildman–Crippen MR) is 156 cm³/mol. The highest BCUT2D eigenvalue weighted by Gasteiger charge is 2.25. The van der Waals surface area contributed by atoms with Gasteiger partial charge in [-0.05, 0) is 52.9 Å². The number of hydrogen-bond acceptors (Lipinski definition) is 7. The van der Waals surface area contributed by atoms with Gasteiger partial charge in [0.05, 0.1) is 33.4 Å². The van der Waals surface area contributed by atoms with E-state index in [1.807, 2.05) is 70.2 Å². The van der Waals surface area contributed by atoms with E-state index >= 15 is 0 Å². The molecule has 8 nitrogen and oxygen atoms in total. The minimum absolute atomic E-state index is 0.0204. The number of nitrogens with one attached hydrogen (secondary N) is 1. The van der Waals surface area contributed by atoms with Crippen LogP contribution in [-0.4, -0.2) is 38.5 Å². The Morgan fingerprint density at radius 2 is 1.32 bits per heavy atom. The molecule has 0 saturated heterocycles. The van der Waals surface area contributed by atoms with Crippen LogP contribution in [0, 0.1) is 0 Å². The number of amides is 1. The maximum absolute atomic E-state index is 13.1. The molecule has 3 aromatic carbocycles. The predicted octanol–water partition coefficient (Wildman–Crippen LogP) is 5.38. The minimum Gasteiger partial charge on any atom is -0.274 e. The van der Waals surface area contributed by atoms with Crippen LogP contribution in [0.3, 0.4) is 0 Å². The highest BCUT2D eigenvalue weighted by molar-refractivity contribution is 7.91. The van der Waals surface area contributed by atoms with E-state index in [0.29, 0.717) is 22.8 Å². The Kier molecular flexibility index (Phi) is 8.41. The van der Waals surface area contributed by atoms with Gasteiger partial charge in [-0.2, -0.15) is 0 Å². The van der Waals surface area contributed by atoms with Gasteiger partial charge in [-0.25, -0.2) is 31.5 Å². The zero-order valence-corrected chi connectivity index (χ0v) is 24.8. The number of aromatic nitrogens is 2. The molecule has 10 heteroatoms. The van der Waals surface area contributed by atoms with E-state index in [0.717, 1.165) is 16.3 Å². The van der Waals surface area contributed by atoms with E-state index in [9.17, 15) is 21.6 Å². The fraction of sp³-hybridized carbons (Fsp3) is 0.300. The number of fused-ring (bicyclic) bond motifs is 1. The molecular formula is C30H33N3O5S2. The third kappa shape index (κ3) is 6.23. The second-order valence-electron chi connectivity index (χ2n) is 10.2. The Morgan fingerprint density at radius 3 is 1.88 bits per heavy atom. The number of hydrogen-bond donors (Lipinski definition) is 1. The van der Waals surface area contributed by atoms with E-state index in [2.05, 4.69) is 4.72 Å². The lowest BCUT2D eigenvalue weighted by atomic mass is 9.94. The molecule has 0 fully saturated rings. The van der Waals surface area contributed by atoms with Gasteiger partial charge in [-0.15, -0.1) is 0 Å². The topological polar surface area (TPSA) is 123 Å². The van der Waals surface area contributed by atoms with Gasteiger partial charge in [0, 0.05) is 11.1 Å². The van der Waals surface area contributed by atoms with Gasteiger partial charge in [0.2, 0.25) is 5.91 Å². The Bertz CT molecular complexity index is 1750. The molecule has 0 aliphatic heterocycles. The lowest BCUT2D eigenvalue weighted by Gasteiger charge is -2.20.